The Morgan fingerprint density at radius 1 is 1.00 bits per heavy atom. The average Bonchev–Trinajstić information content (AvgIpc) is 2.72. The molecule has 0 atom stereocenters. The van der Waals surface area contributed by atoms with Crippen molar-refractivity contribution in [3.8, 4) is 17.6 Å². The van der Waals surface area contributed by atoms with Crippen molar-refractivity contribution < 1.29 is 9.47 Å². The second-order valence-corrected chi connectivity index (χ2v) is 7.35. The van der Waals surface area contributed by atoms with Crippen LogP contribution in [-0.4, -0.2) is 7.11 Å². The van der Waals surface area contributed by atoms with Crippen molar-refractivity contribution in [1.29, 1.82) is 5.26 Å². The summed E-state index contributed by atoms with van der Waals surface area (Å²) < 4.78 is 11.3. The fraction of sp³-hybridized carbons (Fsp3) is 0.0870. The van der Waals surface area contributed by atoms with Gasteiger partial charge in [0.15, 0.2) is 11.5 Å². The standard InChI is InChI=1S/C23H16Cl3NO2/c1-28-22-11-15(9-18(13-27)16-5-3-2-4-6-16)10-21(26)23(22)29-14-17-7-8-19(24)12-20(17)25/h2-12H,14H2,1H3/b18-9+. The van der Waals surface area contributed by atoms with Crippen LogP contribution in [0.2, 0.25) is 15.1 Å². The smallest absolute Gasteiger partial charge is 0.180 e. The Balaban J connectivity index is 1.89. The third-order valence-electron chi connectivity index (χ3n) is 4.16. The molecule has 146 valence electrons. The minimum atomic E-state index is 0.203. The molecule has 29 heavy (non-hydrogen) atoms. The van der Waals surface area contributed by atoms with E-state index in [1.54, 1.807) is 36.4 Å². The zero-order chi connectivity index (χ0) is 20.8. The van der Waals surface area contributed by atoms with Crippen molar-refractivity contribution in [1.82, 2.24) is 0 Å². The number of methoxy groups -OCH3 is 1. The topological polar surface area (TPSA) is 42.2 Å². The lowest BCUT2D eigenvalue weighted by molar-refractivity contribution is 0.285. The van der Waals surface area contributed by atoms with Crippen LogP contribution in [-0.2, 0) is 6.61 Å². The SMILES string of the molecule is COc1cc(/C=C(\C#N)c2ccccc2)cc(Cl)c1OCc1ccc(Cl)cc1Cl. The Morgan fingerprint density at radius 2 is 1.76 bits per heavy atom. The van der Waals surface area contributed by atoms with E-state index >= 15 is 0 Å². The number of rotatable bonds is 6. The number of halogens is 3. The maximum Gasteiger partial charge on any atom is 0.180 e. The van der Waals surface area contributed by atoms with Gasteiger partial charge in [-0.15, -0.1) is 0 Å². The lowest BCUT2D eigenvalue weighted by atomic mass is 10.0. The number of hydrogen-bond donors (Lipinski definition) is 0. The van der Waals surface area contributed by atoms with Crippen LogP contribution >= 0.6 is 34.8 Å². The molecule has 3 nitrogen and oxygen atoms in total. The summed E-state index contributed by atoms with van der Waals surface area (Å²) in [6.07, 6.45) is 1.75. The van der Waals surface area contributed by atoms with E-state index in [-0.39, 0.29) is 6.61 Å². The number of hydrogen-bond acceptors (Lipinski definition) is 3. The number of ether oxygens (including phenoxy) is 2. The molecule has 0 heterocycles. The van der Waals surface area contributed by atoms with Gasteiger partial charge in [0.05, 0.1) is 23.8 Å². The summed E-state index contributed by atoms with van der Waals surface area (Å²) >= 11 is 18.6. The Morgan fingerprint density at radius 3 is 2.41 bits per heavy atom. The van der Waals surface area contributed by atoms with Gasteiger partial charge in [0.25, 0.3) is 0 Å². The molecule has 0 aliphatic heterocycles. The molecule has 3 aromatic rings. The monoisotopic (exact) mass is 443 g/mol. The summed E-state index contributed by atoms with van der Waals surface area (Å²) in [6, 6.07) is 20.3. The van der Waals surface area contributed by atoms with E-state index in [1.807, 2.05) is 30.3 Å². The fourth-order valence-corrected chi connectivity index (χ4v) is 3.45. The maximum atomic E-state index is 9.52. The van der Waals surface area contributed by atoms with E-state index in [0.717, 1.165) is 16.7 Å². The third-order valence-corrected chi connectivity index (χ3v) is 5.02. The number of allylic oxidation sites excluding steroid dienone is 1. The zero-order valence-electron chi connectivity index (χ0n) is 15.5. The molecule has 0 spiro atoms. The largest absolute Gasteiger partial charge is 0.493 e. The van der Waals surface area contributed by atoms with E-state index in [4.69, 9.17) is 44.3 Å². The van der Waals surface area contributed by atoms with E-state index in [9.17, 15) is 5.26 Å². The van der Waals surface area contributed by atoms with Crippen LogP contribution in [0, 0.1) is 11.3 Å². The number of benzene rings is 3. The third kappa shape index (κ3) is 5.25. The molecule has 0 saturated heterocycles. The summed E-state index contributed by atoms with van der Waals surface area (Å²) in [7, 11) is 1.53. The van der Waals surface area contributed by atoms with Gasteiger partial charge in [-0.3, -0.25) is 0 Å². The second-order valence-electron chi connectivity index (χ2n) is 6.09. The van der Waals surface area contributed by atoms with E-state index in [2.05, 4.69) is 6.07 Å². The summed E-state index contributed by atoms with van der Waals surface area (Å²) in [5.41, 5.74) is 2.84. The predicted octanol–water partition coefficient (Wildman–Crippen LogP) is 7.30. The Kier molecular flexibility index (Phi) is 7.06. The molecular formula is C23H16Cl3NO2. The number of nitriles is 1. The first-order valence-corrected chi connectivity index (χ1v) is 9.76. The van der Waals surface area contributed by atoms with Crippen LogP contribution in [0.25, 0.3) is 11.6 Å². The molecule has 0 saturated carbocycles. The van der Waals surface area contributed by atoms with E-state index in [1.165, 1.54) is 7.11 Å². The van der Waals surface area contributed by atoms with Gasteiger partial charge in [0.1, 0.15) is 6.61 Å². The summed E-state index contributed by atoms with van der Waals surface area (Å²) in [6.45, 7) is 0.203. The maximum absolute atomic E-state index is 9.52. The van der Waals surface area contributed by atoms with Gasteiger partial charge < -0.3 is 9.47 Å². The average molecular weight is 445 g/mol. The van der Waals surface area contributed by atoms with Crippen molar-refractivity contribution in [3.05, 3.63) is 92.4 Å². The molecular weight excluding hydrogens is 429 g/mol. The van der Waals surface area contributed by atoms with Crippen LogP contribution in [0.5, 0.6) is 11.5 Å². The van der Waals surface area contributed by atoms with Gasteiger partial charge in [-0.25, -0.2) is 0 Å². The molecule has 0 aliphatic carbocycles. The summed E-state index contributed by atoms with van der Waals surface area (Å²) in [4.78, 5) is 0. The molecule has 0 N–H and O–H groups in total. The zero-order valence-corrected chi connectivity index (χ0v) is 17.7. The van der Waals surface area contributed by atoms with E-state index < -0.39 is 0 Å². The van der Waals surface area contributed by atoms with Gasteiger partial charge in [-0.05, 0) is 41.5 Å². The van der Waals surface area contributed by atoms with Gasteiger partial charge in [-0.2, -0.15) is 5.26 Å². The molecule has 3 aromatic carbocycles. The first kappa shape index (κ1) is 21.1. The Bertz CT molecular complexity index is 1090. The Labute approximate surface area is 184 Å². The van der Waals surface area contributed by atoms with Gasteiger partial charge in [-0.1, -0.05) is 71.2 Å². The number of nitrogens with zero attached hydrogens (tertiary/aromatic N) is 1. The highest BCUT2D eigenvalue weighted by molar-refractivity contribution is 6.35. The molecule has 0 fully saturated rings. The molecule has 3 rings (SSSR count). The molecule has 0 radical (unpaired) electrons. The van der Waals surface area contributed by atoms with Gasteiger partial charge >= 0.3 is 0 Å². The van der Waals surface area contributed by atoms with Gasteiger partial charge in [0, 0.05) is 15.6 Å². The van der Waals surface area contributed by atoms with Crippen molar-refractivity contribution >= 4 is 46.5 Å². The lowest BCUT2D eigenvalue weighted by Crippen LogP contribution is -1.99. The van der Waals surface area contributed by atoms with Crippen molar-refractivity contribution in [2.24, 2.45) is 0 Å². The van der Waals surface area contributed by atoms with Crippen molar-refractivity contribution in [3.63, 3.8) is 0 Å². The highest BCUT2D eigenvalue weighted by atomic mass is 35.5. The van der Waals surface area contributed by atoms with Crippen LogP contribution in [0.3, 0.4) is 0 Å². The Hall–Kier alpha value is -2.64. The normalized spacial score (nSPS) is 11.1. The molecule has 0 aliphatic rings. The van der Waals surface area contributed by atoms with Crippen LogP contribution < -0.4 is 9.47 Å². The lowest BCUT2D eigenvalue weighted by Gasteiger charge is -2.14. The van der Waals surface area contributed by atoms with Crippen LogP contribution in [0.1, 0.15) is 16.7 Å². The van der Waals surface area contributed by atoms with E-state index in [0.29, 0.717) is 32.1 Å². The second kappa shape index (κ2) is 9.71. The molecule has 0 aromatic heterocycles. The fourth-order valence-electron chi connectivity index (χ4n) is 2.72. The molecule has 0 bridgehead atoms. The minimum absolute atomic E-state index is 0.203. The highest BCUT2D eigenvalue weighted by Crippen LogP contribution is 2.38. The van der Waals surface area contributed by atoms with Crippen molar-refractivity contribution in [2.45, 2.75) is 6.61 Å². The van der Waals surface area contributed by atoms with Crippen LogP contribution in [0.4, 0.5) is 0 Å². The first-order valence-electron chi connectivity index (χ1n) is 8.63. The predicted molar refractivity (Wildman–Crippen MR) is 119 cm³/mol. The first-order chi connectivity index (χ1) is 14.0. The van der Waals surface area contributed by atoms with Crippen LogP contribution in [0.15, 0.2) is 60.7 Å². The minimum Gasteiger partial charge on any atom is -0.493 e. The highest BCUT2D eigenvalue weighted by Gasteiger charge is 2.13. The molecule has 0 amide bonds. The summed E-state index contributed by atoms with van der Waals surface area (Å²) in [5, 5.41) is 10.9. The summed E-state index contributed by atoms with van der Waals surface area (Å²) in [5.74, 6) is 0.856. The molecule has 0 unspecified atom stereocenters. The van der Waals surface area contributed by atoms with Gasteiger partial charge in [0.2, 0.25) is 0 Å². The molecule has 6 heteroatoms. The van der Waals surface area contributed by atoms with Crippen molar-refractivity contribution in [2.75, 3.05) is 7.11 Å². The quantitative estimate of drug-likeness (QED) is 0.296.